The number of carbonyl (C=O) groups excluding carboxylic acids is 2. The van der Waals surface area contributed by atoms with Crippen LogP contribution >= 0.6 is 11.3 Å². The highest BCUT2D eigenvalue weighted by molar-refractivity contribution is 7.20. The van der Waals surface area contributed by atoms with Gasteiger partial charge in [-0.25, -0.2) is 9.78 Å². The summed E-state index contributed by atoms with van der Waals surface area (Å²) >= 11 is 1.10. The van der Waals surface area contributed by atoms with E-state index in [1.54, 1.807) is 27.7 Å². The van der Waals surface area contributed by atoms with Gasteiger partial charge in [0.25, 0.3) is 11.5 Å². The number of thiophene rings is 1. The lowest BCUT2D eigenvalue weighted by Gasteiger charge is -2.28. The van der Waals surface area contributed by atoms with Gasteiger partial charge >= 0.3 is 5.97 Å². The van der Waals surface area contributed by atoms with Crippen molar-refractivity contribution in [3.63, 3.8) is 0 Å². The van der Waals surface area contributed by atoms with E-state index >= 15 is 0 Å². The number of hydrogen-bond donors (Lipinski definition) is 1. The second kappa shape index (κ2) is 6.59. The number of amides is 1. The van der Waals surface area contributed by atoms with Gasteiger partial charge in [0.1, 0.15) is 16.2 Å². The Kier molecular flexibility index (Phi) is 5.04. The normalized spacial score (nSPS) is 12.0. The molecule has 2 aromatic heterocycles. The second-order valence-corrected chi connectivity index (χ2v) is 7.64. The second-order valence-electron chi connectivity index (χ2n) is 6.65. The topological polar surface area (TPSA) is 104 Å². The van der Waals surface area contributed by atoms with Crippen LogP contribution in [0.3, 0.4) is 0 Å². The SMILES string of the molecule is CCOC(=O)C(C)(C)n1c(C(C)C)nc2sc(C(N)=O)c(C)c2c1=O. The van der Waals surface area contributed by atoms with E-state index in [4.69, 9.17) is 10.5 Å². The van der Waals surface area contributed by atoms with E-state index in [1.807, 2.05) is 13.8 Å². The first-order chi connectivity index (χ1) is 11.5. The van der Waals surface area contributed by atoms with Crippen molar-refractivity contribution in [2.45, 2.75) is 53.0 Å². The number of primary amides is 1. The summed E-state index contributed by atoms with van der Waals surface area (Å²) in [6, 6.07) is 0. The van der Waals surface area contributed by atoms with E-state index in [-0.39, 0.29) is 18.1 Å². The Labute approximate surface area is 149 Å². The molecule has 2 N–H and O–H groups in total. The molecule has 0 fully saturated rings. The summed E-state index contributed by atoms with van der Waals surface area (Å²) in [5.41, 5.74) is 4.30. The van der Waals surface area contributed by atoms with Gasteiger partial charge in [-0.1, -0.05) is 13.8 Å². The van der Waals surface area contributed by atoms with Crippen LogP contribution in [0.2, 0.25) is 0 Å². The van der Waals surface area contributed by atoms with Crippen LogP contribution in [0.25, 0.3) is 10.2 Å². The molecule has 0 spiro atoms. The maximum absolute atomic E-state index is 13.2. The number of esters is 1. The summed E-state index contributed by atoms with van der Waals surface area (Å²) in [4.78, 5) is 42.6. The molecule has 7 nitrogen and oxygen atoms in total. The third kappa shape index (κ3) is 3.06. The van der Waals surface area contributed by atoms with Crippen LogP contribution in [0, 0.1) is 6.92 Å². The van der Waals surface area contributed by atoms with E-state index in [2.05, 4.69) is 4.98 Å². The minimum Gasteiger partial charge on any atom is -0.464 e. The third-order valence-corrected chi connectivity index (χ3v) is 5.26. The molecular weight excluding hydrogens is 342 g/mol. The van der Waals surface area contributed by atoms with E-state index in [9.17, 15) is 14.4 Å². The Bertz CT molecular complexity index is 909. The zero-order chi connectivity index (χ0) is 19.1. The molecule has 0 aliphatic heterocycles. The molecule has 0 bridgehead atoms. The van der Waals surface area contributed by atoms with Crippen molar-refractivity contribution in [2.75, 3.05) is 6.61 Å². The van der Waals surface area contributed by atoms with Gasteiger partial charge in [-0.2, -0.15) is 0 Å². The molecule has 0 unspecified atom stereocenters. The Hall–Kier alpha value is -2.22. The summed E-state index contributed by atoms with van der Waals surface area (Å²) in [5.74, 6) is -0.747. The molecule has 25 heavy (non-hydrogen) atoms. The van der Waals surface area contributed by atoms with Crippen LogP contribution < -0.4 is 11.3 Å². The number of aromatic nitrogens is 2. The summed E-state index contributed by atoms with van der Waals surface area (Å²) < 4.78 is 6.52. The monoisotopic (exact) mass is 365 g/mol. The minimum absolute atomic E-state index is 0.106. The first kappa shape index (κ1) is 19.1. The maximum Gasteiger partial charge on any atom is 0.331 e. The van der Waals surface area contributed by atoms with Crippen molar-refractivity contribution >= 4 is 33.4 Å². The first-order valence-corrected chi connectivity index (χ1v) is 8.89. The Balaban J connectivity index is 2.92. The quantitative estimate of drug-likeness (QED) is 0.819. The van der Waals surface area contributed by atoms with E-state index < -0.39 is 17.4 Å². The standard InChI is InChI=1S/C17H23N3O4S/c1-7-24-16(23)17(5,6)20-13(8(2)3)19-14-10(15(20)22)9(4)11(25-14)12(18)21/h8H,7H2,1-6H3,(H2,18,21). The minimum atomic E-state index is -1.23. The van der Waals surface area contributed by atoms with Crippen molar-refractivity contribution in [1.82, 2.24) is 9.55 Å². The molecule has 2 heterocycles. The fourth-order valence-corrected chi connectivity index (χ4v) is 3.79. The zero-order valence-electron chi connectivity index (χ0n) is 15.3. The van der Waals surface area contributed by atoms with Gasteiger partial charge in [-0.15, -0.1) is 11.3 Å². The molecule has 0 aliphatic rings. The summed E-state index contributed by atoms with van der Waals surface area (Å²) in [5, 5.41) is 0.320. The van der Waals surface area contributed by atoms with Crippen molar-refractivity contribution < 1.29 is 14.3 Å². The molecular formula is C17H23N3O4S. The van der Waals surface area contributed by atoms with Crippen molar-refractivity contribution in [2.24, 2.45) is 5.73 Å². The molecule has 0 atom stereocenters. The number of ether oxygens (including phenoxy) is 1. The highest BCUT2D eigenvalue weighted by Crippen LogP contribution is 2.30. The van der Waals surface area contributed by atoms with Crippen molar-refractivity contribution in [1.29, 1.82) is 0 Å². The fourth-order valence-electron chi connectivity index (χ4n) is 2.76. The Morgan fingerprint density at radius 2 is 1.96 bits per heavy atom. The van der Waals surface area contributed by atoms with Gasteiger partial charge in [-0.05, 0) is 33.3 Å². The lowest BCUT2D eigenvalue weighted by molar-refractivity contribution is -0.152. The highest BCUT2D eigenvalue weighted by atomic mass is 32.1. The van der Waals surface area contributed by atoms with Crippen molar-refractivity contribution in [3.8, 4) is 0 Å². The number of hydrogen-bond acceptors (Lipinski definition) is 6. The average Bonchev–Trinajstić information content (AvgIpc) is 2.84. The van der Waals surface area contributed by atoms with Gasteiger partial charge in [0.15, 0.2) is 0 Å². The molecule has 0 aliphatic carbocycles. The van der Waals surface area contributed by atoms with Crippen LogP contribution in [0.15, 0.2) is 4.79 Å². The molecule has 2 rings (SSSR count). The molecule has 8 heteroatoms. The zero-order valence-corrected chi connectivity index (χ0v) is 16.1. The van der Waals surface area contributed by atoms with Crippen LogP contribution in [-0.2, 0) is 15.1 Å². The molecule has 0 saturated heterocycles. The number of rotatable bonds is 5. The third-order valence-electron chi connectivity index (χ3n) is 4.06. The van der Waals surface area contributed by atoms with Crippen LogP contribution in [0.5, 0.6) is 0 Å². The average molecular weight is 365 g/mol. The lowest BCUT2D eigenvalue weighted by atomic mass is 10.0. The Morgan fingerprint density at radius 1 is 1.36 bits per heavy atom. The number of carbonyl (C=O) groups is 2. The largest absolute Gasteiger partial charge is 0.464 e. The predicted octanol–water partition coefficient (Wildman–Crippen LogP) is 2.29. The van der Waals surface area contributed by atoms with Gasteiger partial charge in [-0.3, -0.25) is 14.2 Å². The number of aryl methyl sites for hydroxylation is 1. The Morgan fingerprint density at radius 3 is 2.44 bits per heavy atom. The summed E-state index contributed by atoms with van der Waals surface area (Å²) in [6.45, 7) is 10.6. The molecule has 136 valence electrons. The van der Waals surface area contributed by atoms with Gasteiger partial charge in [0, 0.05) is 5.92 Å². The van der Waals surface area contributed by atoms with Crippen LogP contribution in [0.4, 0.5) is 0 Å². The molecule has 1 amide bonds. The van der Waals surface area contributed by atoms with Gasteiger partial charge in [0.2, 0.25) is 0 Å². The number of nitrogens with zero attached hydrogens (tertiary/aromatic N) is 2. The van der Waals surface area contributed by atoms with E-state index in [0.29, 0.717) is 26.5 Å². The molecule has 0 radical (unpaired) electrons. The van der Waals surface area contributed by atoms with Crippen LogP contribution in [-0.4, -0.2) is 28.0 Å². The van der Waals surface area contributed by atoms with Gasteiger partial charge in [0.05, 0.1) is 16.9 Å². The first-order valence-electron chi connectivity index (χ1n) is 8.07. The molecule has 2 aromatic rings. The summed E-state index contributed by atoms with van der Waals surface area (Å²) in [6.07, 6.45) is 0. The maximum atomic E-state index is 13.2. The fraction of sp³-hybridized carbons (Fsp3) is 0.529. The van der Waals surface area contributed by atoms with E-state index in [1.165, 1.54) is 4.57 Å². The lowest BCUT2D eigenvalue weighted by Crippen LogP contribution is -2.46. The van der Waals surface area contributed by atoms with E-state index in [0.717, 1.165) is 11.3 Å². The molecule has 0 aromatic carbocycles. The van der Waals surface area contributed by atoms with Crippen LogP contribution in [0.1, 0.15) is 61.6 Å². The number of fused-ring (bicyclic) bond motifs is 1. The molecule has 0 saturated carbocycles. The highest BCUT2D eigenvalue weighted by Gasteiger charge is 2.36. The number of nitrogens with two attached hydrogens (primary N) is 1. The summed E-state index contributed by atoms with van der Waals surface area (Å²) in [7, 11) is 0. The van der Waals surface area contributed by atoms with Crippen molar-refractivity contribution in [3.05, 3.63) is 26.6 Å². The predicted molar refractivity (Wildman–Crippen MR) is 97.2 cm³/mol. The van der Waals surface area contributed by atoms with Gasteiger partial charge < -0.3 is 10.5 Å². The smallest absolute Gasteiger partial charge is 0.331 e.